The van der Waals surface area contributed by atoms with Crippen LogP contribution in [0.25, 0.3) is 0 Å². The third kappa shape index (κ3) is 7.88. The molecule has 0 aromatic rings. The van der Waals surface area contributed by atoms with E-state index >= 15 is 0 Å². The van der Waals surface area contributed by atoms with Crippen LogP contribution >= 0.6 is 0 Å². The molecule has 2 atom stereocenters. The summed E-state index contributed by atoms with van der Waals surface area (Å²) in [6.07, 6.45) is 2.33. The van der Waals surface area contributed by atoms with Crippen LogP contribution in [0, 0.1) is 5.92 Å². The molecule has 1 aliphatic heterocycles. The van der Waals surface area contributed by atoms with Crippen LogP contribution in [0.5, 0.6) is 0 Å². The Morgan fingerprint density at radius 3 is 2.53 bits per heavy atom. The molecule has 1 saturated heterocycles. The summed E-state index contributed by atoms with van der Waals surface area (Å²) in [5, 5.41) is 13.6. The van der Waals surface area contributed by atoms with Crippen LogP contribution in [-0.4, -0.2) is 61.0 Å². The molecule has 0 aromatic carbocycles. The fraction of sp³-hybridized carbons (Fsp3) is 1.00. The number of nitrogens with one attached hydrogen (secondary N) is 1. The van der Waals surface area contributed by atoms with Gasteiger partial charge in [0.15, 0.2) is 0 Å². The Balaban J connectivity index is 2.34. The predicted octanol–water partition coefficient (Wildman–Crippen LogP) is 1.48. The molecule has 0 aromatic heterocycles. The molecule has 114 valence electrons. The molecule has 4 heteroatoms. The van der Waals surface area contributed by atoms with Crippen molar-refractivity contribution in [3.05, 3.63) is 0 Å². The average Bonchev–Trinajstić information content (AvgIpc) is 2.78. The molecule has 0 radical (unpaired) electrons. The number of ether oxygens (including phenoxy) is 1. The van der Waals surface area contributed by atoms with E-state index < -0.39 is 0 Å². The summed E-state index contributed by atoms with van der Waals surface area (Å²) in [7, 11) is 0. The number of rotatable bonds is 9. The Bertz CT molecular complexity index is 228. The molecule has 0 aliphatic carbocycles. The van der Waals surface area contributed by atoms with Crippen LogP contribution in [0.15, 0.2) is 0 Å². The van der Waals surface area contributed by atoms with Crippen LogP contribution in [0.1, 0.15) is 40.5 Å². The summed E-state index contributed by atoms with van der Waals surface area (Å²) in [6, 6.07) is 0.594. The van der Waals surface area contributed by atoms with Gasteiger partial charge in [-0.15, -0.1) is 0 Å². The molecule has 1 heterocycles. The predicted molar refractivity (Wildman–Crippen MR) is 79.4 cm³/mol. The summed E-state index contributed by atoms with van der Waals surface area (Å²) >= 11 is 0. The standard InChI is InChI=1S/C15H32N2O2/c1-12(2)8-17(9-14-6-5-7-16-14)10-15(18)11-19-13(3)4/h12-16,18H,5-11H2,1-4H3. The molecule has 1 aliphatic rings. The Morgan fingerprint density at radius 2 is 2.00 bits per heavy atom. The molecule has 4 nitrogen and oxygen atoms in total. The van der Waals surface area contributed by atoms with Crippen LogP contribution in [0.4, 0.5) is 0 Å². The average molecular weight is 272 g/mol. The van der Waals surface area contributed by atoms with Crippen molar-refractivity contribution in [1.29, 1.82) is 0 Å². The highest BCUT2D eigenvalue weighted by Crippen LogP contribution is 2.09. The van der Waals surface area contributed by atoms with E-state index in [0.29, 0.717) is 25.1 Å². The summed E-state index contributed by atoms with van der Waals surface area (Å²) in [4.78, 5) is 2.38. The number of aliphatic hydroxyl groups is 1. The molecule has 0 spiro atoms. The zero-order chi connectivity index (χ0) is 14.3. The lowest BCUT2D eigenvalue weighted by Crippen LogP contribution is -2.44. The fourth-order valence-corrected chi connectivity index (χ4v) is 2.62. The molecular formula is C15H32N2O2. The second-order valence-corrected chi connectivity index (χ2v) is 6.44. The fourth-order valence-electron chi connectivity index (χ4n) is 2.62. The second kappa shape index (κ2) is 8.90. The Labute approximate surface area is 118 Å². The van der Waals surface area contributed by atoms with Gasteiger partial charge in [0.05, 0.1) is 18.8 Å². The molecule has 19 heavy (non-hydrogen) atoms. The topological polar surface area (TPSA) is 44.7 Å². The maximum Gasteiger partial charge on any atom is 0.0900 e. The van der Waals surface area contributed by atoms with Crippen molar-refractivity contribution < 1.29 is 9.84 Å². The van der Waals surface area contributed by atoms with Crippen molar-refractivity contribution >= 4 is 0 Å². The normalized spacial score (nSPS) is 21.8. The van der Waals surface area contributed by atoms with Gasteiger partial charge in [0.2, 0.25) is 0 Å². The highest BCUT2D eigenvalue weighted by atomic mass is 16.5. The molecule has 0 bridgehead atoms. The zero-order valence-corrected chi connectivity index (χ0v) is 13.1. The summed E-state index contributed by atoms with van der Waals surface area (Å²) in [5.41, 5.74) is 0. The van der Waals surface area contributed by atoms with E-state index in [4.69, 9.17) is 4.74 Å². The van der Waals surface area contributed by atoms with Crippen molar-refractivity contribution in [2.45, 2.75) is 58.8 Å². The minimum absolute atomic E-state index is 0.185. The molecule has 1 fully saturated rings. The van der Waals surface area contributed by atoms with Crippen molar-refractivity contribution in [3.8, 4) is 0 Å². The van der Waals surface area contributed by atoms with Crippen LogP contribution in [-0.2, 0) is 4.74 Å². The zero-order valence-electron chi connectivity index (χ0n) is 13.1. The first-order valence-electron chi connectivity index (χ1n) is 7.72. The molecule has 0 amide bonds. The lowest BCUT2D eigenvalue weighted by molar-refractivity contribution is -0.0106. The van der Waals surface area contributed by atoms with E-state index in [1.807, 2.05) is 13.8 Å². The van der Waals surface area contributed by atoms with Gasteiger partial charge < -0.3 is 15.2 Å². The smallest absolute Gasteiger partial charge is 0.0900 e. The lowest BCUT2D eigenvalue weighted by Gasteiger charge is -2.29. The summed E-state index contributed by atoms with van der Waals surface area (Å²) < 4.78 is 5.49. The third-order valence-electron chi connectivity index (χ3n) is 3.36. The Kier molecular flexibility index (Phi) is 7.91. The Morgan fingerprint density at radius 1 is 1.26 bits per heavy atom. The van der Waals surface area contributed by atoms with E-state index in [2.05, 4.69) is 24.1 Å². The number of hydrogen-bond donors (Lipinski definition) is 2. The van der Waals surface area contributed by atoms with Gasteiger partial charge in [-0.3, -0.25) is 4.90 Å². The van der Waals surface area contributed by atoms with Gasteiger partial charge in [-0.1, -0.05) is 13.8 Å². The maximum absolute atomic E-state index is 10.1. The first kappa shape index (κ1) is 16.9. The first-order chi connectivity index (χ1) is 8.97. The van der Waals surface area contributed by atoms with Gasteiger partial charge in [0, 0.05) is 25.7 Å². The van der Waals surface area contributed by atoms with E-state index in [9.17, 15) is 5.11 Å². The minimum Gasteiger partial charge on any atom is -0.389 e. The molecule has 2 N–H and O–H groups in total. The monoisotopic (exact) mass is 272 g/mol. The second-order valence-electron chi connectivity index (χ2n) is 6.44. The van der Waals surface area contributed by atoms with Gasteiger partial charge in [0.25, 0.3) is 0 Å². The highest BCUT2D eigenvalue weighted by molar-refractivity contribution is 4.79. The number of nitrogens with zero attached hydrogens (tertiary/aromatic N) is 1. The first-order valence-corrected chi connectivity index (χ1v) is 7.72. The van der Waals surface area contributed by atoms with Gasteiger partial charge >= 0.3 is 0 Å². The number of hydrogen-bond acceptors (Lipinski definition) is 4. The molecular weight excluding hydrogens is 240 g/mol. The van der Waals surface area contributed by atoms with Gasteiger partial charge in [-0.2, -0.15) is 0 Å². The van der Waals surface area contributed by atoms with Crippen LogP contribution in [0.2, 0.25) is 0 Å². The SMILES string of the molecule is CC(C)CN(CC(O)COC(C)C)CC1CCCN1. The van der Waals surface area contributed by atoms with E-state index in [0.717, 1.165) is 19.6 Å². The lowest BCUT2D eigenvalue weighted by atomic mass is 10.1. The summed E-state index contributed by atoms with van der Waals surface area (Å²) in [6.45, 7) is 12.8. The van der Waals surface area contributed by atoms with E-state index in [1.165, 1.54) is 12.8 Å². The van der Waals surface area contributed by atoms with E-state index in [-0.39, 0.29) is 12.2 Å². The van der Waals surface area contributed by atoms with Gasteiger partial charge in [-0.05, 0) is 39.2 Å². The van der Waals surface area contributed by atoms with Crippen molar-refractivity contribution in [2.24, 2.45) is 5.92 Å². The summed E-state index contributed by atoms with van der Waals surface area (Å²) in [5.74, 6) is 0.625. The third-order valence-corrected chi connectivity index (χ3v) is 3.36. The Hall–Kier alpha value is -0.160. The minimum atomic E-state index is -0.387. The van der Waals surface area contributed by atoms with Crippen molar-refractivity contribution in [2.75, 3.05) is 32.8 Å². The van der Waals surface area contributed by atoms with Crippen molar-refractivity contribution in [3.63, 3.8) is 0 Å². The van der Waals surface area contributed by atoms with Crippen molar-refractivity contribution in [1.82, 2.24) is 10.2 Å². The molecule has 2 unspecified atom stereocenters. The van der Waals surface area contributed by atoms with Gasteiger partial charge in [-0.25, -0.2) is 0 Å². The van der Waals surface area contributed by atoms with Crippen LogP contribution in [0.3, 0.4) is 0 Å². The van der Waals surface area contributed by atoms with E-state index in [1.54, 1.807) is 0 Å². The van der Waals surface area contributed by atoms with Crippen LogP contribution < -0.4 is 5.32 Å². The number of aliphatic hydroxyl groups excluding tert-OH is 1. The molecule has 0 saturated carbocycles. The van der Waals surface area contributed by atoms with Gasteiger partial charge in [0.1, 0.15) is 0 Å². The highest BCUT2D eigenvalue weighted by Gasteiger charge is 2.20. The molecule has 1 rings (SSSR count). The quantitative estimate of drug-likeness (QED) is 0.667. The maximum atomic E-state index is 10.1. The largest absolute Gasteiger partial charge is 0.389 e.